The van der Waals surface area contributed by atoms with Crippen molar-refractivity contribution in [2.75, 3.05) is 18.5 Å². The summed E-state index contributed by atoms with van der Waals surface area (Å²) >= 11 is 6.31. The van der Waals surface area contributed by atoms with E-state index in [1.54, 1.807) is 38.1 Å². The summed E-state index contributed by atoms with van der Waals surface area (Å²) in [7, 11) is 0. The third-order valence-corrected chi connectivity index (χ3v) is 4.64. The van der Waals surface area contributed by atoms with E-state index < -0.39 is 23.4 Å². The first kappa shape index (κ1) is 22.8. The molecule has 0 saturated carbocycles. The molecule has 1 N–H and O–H groups in total. The molecule has 0 unspecified atom stereocenters. The number of rotatable bonds is 8. The zero-order valence-corrected chi connectivity index (χ0v) is 18.0. The zero-order valence-electron chi connectivity index (χ0n) is 17.2. The molecule has 11 heteroatoms. The van der Waals surface area contributed by atoms with E-state index in [1.165, 1.54) is 22.9 Å². The summed E-state index contributed by atoms with van der Waals surface area (Å²) in [6.07, 6.45) is 0. The third-order valence-electron chi connectivity index (χ3n) is 4.29. The molecule has 1 amide bonds. The molecule has 10 nitrogen and oxygen atoms in total. The van der Waals surface area contributed by atoms with Crippen LogP contribution >= 0.6 is 11.6 Å². The molecule has 0 aliphatic carbocycles. The number of esters is 1. The molecule has 0 atom stereocenters. The molecule has 0 fully saturated rings. The Kier molecular flexibility index (Phi) is 7.06. The Morgan fingerprint density at radius 1 is 1.22 bits per heavy atom. The molecule has 32 heavy (non-hydrogen) atoms. The van der Waals surface area contributed by atoms with Gasteiger partial charge in [0.25, 0.3) is 11.6 Å². The summed E-state index contributed by atoms with van der Waals surface area (Å²) in [6.45, 7) is 3.00. The summed E-state index contributed by atoms with van der Waals surface area (Å²) in [5.41, 5.74) is 0.603. The van der Waals surface area contributed by atoms with Crippen molar-refractivity contribution in [3.8, 4) is 11.4 Å². The van der Waals surface area contributed by atoms with Crippen LogP contribution < -0.4 is 10.1 Å². The number of aryl methyl sites for hydroxylation is 1. The first-order valence-electron chi connectivity index (χ1n) is 9.50. The minimum Gasteiger partial charge on any atom is -0.494 e. The van der Waals surface area contributed by atoms with Gasteiger partial charge in [-0.15, -0.1) is 0 Å². The quantitative estimate of drug-likeness (QED) is 0.308. The highest BCUT2D eigenvalue weighted by Crippen LogP contribution is 2.29. The normalized spacial score (nSPS) is 10.5. The van der Waals surface area contributed by atoms with Crippen LogP contribution in [0.25, 0.3) is 5.69 Å². The van der Waals surface area contributed by atoms with Crippen LogP contribution in [0.15, 0.2) is 48.5 Å². The Morgan fingerprint density at radius 2 is 1.94 bits per heavy atom. The number of benzene rings is 2. The number of nitro benzene ring substituents is 1. The lowest BCUT2D eigenvalue weighted by atomic mass is 10.2. The number of halogens is 1. The Balaban J connectivity index is 1.69. The Bertz CT molecular complexity index is 1160. The van der Waals surface area contributed by atoms with E-state index in [1.807, 2.05) is 6.07 Å². The minimum atomic E-state index is -0.842. The second-order valence-electron chi connectivity index (χ2n) is 6.49. The SMILES string of the molecule is CCOc1ccc(NC(=O)COC(=O)c2c(C)nn(-c3ccccc3)c2Cl)c([N+](=O)[O-])c1. The maximum absolute atomic E-state index is 12.5. The van der Waals surface area contributed by atoms with Gasteiger partial charge in [-0.2, -0.15) is 5.10 Å². The molecule has 166 valence electrons. The van der Waals surface area contributed by atoms with Crippen molar-refractivity contribution < 1.29 is 24.0 Å². The van der Waals surface area contributed by atoms with Gasteiger partial charge >= 0.3 is 5.97 Å². The van der Waals surface area contributed by atoms with Gasteiger partial charge in [0.15, 0.2) is 6.61 Å². The molecule has 0 bridgehead atoms. The lowest BCUT2D eigenvalue weighted by Gasteiger charge is -2.09. The lowest BCUT2D eigenvalue weighted by molar-refractivity contribution is -0.384. The average molecular weight is 459 g/mol. The molecule has 0 radical (unpaired) electrons. The van der Waals surface area contributed by atoms with E-state index in [4.69, 9.17) is 21.1 Å². The van der Waals surface area contributed by atoms with E-state index in [0.29, 0.717) is 23.7 Å². The number of nitro groups is 1. The summed E-state index contributed by atoms with van der Waals surface area (Å²) in [6, 6.07) is 13.0. The van der Waals surface area contributed by atoms with Crippen molar-refractivity contribution in [3.63, 3.8) is 0 Å². The predicted octanol–water partition coefficient (Wildman–Crippen LogP) is 3.94. The Labute approximate surface area is 187 Å². The van der Waals surface area contributed by atoms with Gasteiger partial charge in [0.2, 0.25) is 0 Å². The second kappa shape index (κ2) is 9.92. The highest BCUT2D eigenvalue weighted by molar-refractivity contribution is 6.33. The number of hydrogen-bond acceptors (Lipinski definition) is 7. The molecule has 2 aromatic carbocycles. The summed E-state index contributed by atoms with van der Waals surface area (Å²) in [4.78, 5) is 35.4. The molecule has 1 heterocycles. The summed E-state index contributed by atoms with van der Waals surface area (Å²) in [5.74, 6) is -1.30. The smallest absolute Gasteiger partial charge is 0.343 e. The summed E-state index contributed by atoms with van der Waals surface area (Å²) in [5, 5.41) is 17.9. The molecule has 3 aromatic rings. The molecule has 3 rings (SSSR count). The minimum absolute atomic E-state index is 0.0235. The van der Waals surface area contributed by atoms with Gasteiger partial charge in [-0.1, -0.05) is 29.8 Å². The second-order valence-corrected chi connectivity index (χ2v) is 6.85. The number of para-hydroxylation sites is 1. The topological polar surface area (TPSA) is 126 Å². The van der Waals surface area contributed by atoms with Crippen LogP contribution in [0.3, 0.4) is 0 Å². The van der Waals surface area contributed by atoms with Gasteiger partial charge in [0.05, 0.1) is 29.0 Å². The van der Waals surface area contributed by atoms with Crippen LogP contribution in [-0.2, 0) is 9.53 Å². The van der Waals surface area contributed by atoms with Crippen LogP contribution in [0.5, 0.6) is 5.75 Å². The number of carbonyl (C=O) groups excluding carboxylic acids is 2. The number of anilines is 1. The number of hydrogen-bond donors (Lipinski definition) is 1. The molecular weight excluding hydrogens is 440 g/mol. The predicted molar refractivity (Wildman–Crippen MR) is 116 cm³/mol. The van der Waals surface area contributed by atoms with Crippen LogP contribution in [0.4, 0.5) is 11.4 Å². The summed E-state index contributed by atoms with van der Waals surface area (Å²) < 4.78 is 11.7. The van der Waals surface area contributed by atoms with E-state index in [0.717, 1.165) is 0 Å². The van der Waals surface area contributed by atoms with Crippen molar-refractivity contribution >= 4 is 34.9 Å². The van der Waals surface area contributed by atoms with Crippen molar-refractivity contribution in [3.05, 3.63) is 75.1 Å². The Hall–Kier alpha value is -3.92. The number of aromatic nitrogens is 2. The number of amides is 1. The highest BCUT2D eigenvalue weighted by Gasteiger charge is 2.24. The maximum atomic E-state index is 12.5. The van der Waals surface area contributed by atoms with Crippen molar-refractivity contribution in [1.29, 1.82) is 0 Å². The number of nitrogens with one attached hydrogen (secondary N) is 1. The molecule has 0 aliphatic rings. The number of ether oxygens (including phenoxy) is 2. The first-order valence-corrected chi connectivity index (χ1v) is 9.88. The van der Waals surface area contributed by atoms with Crippen LogP contribution in [0, 0.1) is 17.0 Å². The zero-order chi connectivity index (χ0) is 23.3. The van der Waals surface area contributed by atoms with Gasteiger partial charge in [0.1, 0.15) is 22.2 Å². The fourth-order valence-corrected chi connectivity index (χ4v) is 3.23. The van der Waals surface area contributed by atoms with Crippen LogP contribution in [-0.4, -0.2) is 39.8 Å². The fourth-order valence-electron chi connectivity index (χ4n) is 2.89. The highest BCUT2D eigenvalue weighted by atomic mass is 35.5. The third kappa shape index (κ3) is 5.03. The molecular formula is C21H19ClN4O6. The average Bonchev–Trinajstić information content (AvgIpc) is 3.07. The van der Waals surface area contributed by atoms with E-state index >= 15 is 0 Å². The van der Waals surface area contributed by atoms with E-state index in [-0.39, 0.29) is 22.1 Å². The standard InChI is InChI=1S/C21H19ClN4O6/c1-3-31-15-9-10-16(17(11-15)26(29)30)23-18(27)12-32-21(28)19-13(2)24-25(20(19)22)14-7-5-4-6-8-14/h4-11H,3,12H2,1-2H3,(H,23,27). The largest absolute Gasteiger partial charge is 0.494 e. The van der Waals surface area contributed by atoms with Crippen molar-refractivity contribution in [1.82, 2.24) is 9.78 Å². The number of nitrogens with zero attached hydrogens (tertiary/aromatic N) is 3. The lowest BCUT2D eigenvalue weighted by Crippen LogP contribution is -2.21. The maximum Gasteiger partial charge on any atom is 0.343 e. The van der Waals surface area contributed by atoms with Gasteiger partial charge in [0, 0.05) is 0 Å². The van der Waals surface area contributed by atoms with Gasteiger partial charge < -0.3 is 14.8 Å². The Morgan fingerprint density at radius 3 is 2.59 bits per heavy atom. The van der Waals surface area contributed by atoms with E-state index in [2.05, 4.69) is 10.4 Å². The fraction of sp³-hybridized carbons (Fsp3) is 0.190. The van der Waals surface area contributed by atoms with Crippen LogP contribution in [0.2, 0.25) is 5.15 Å². The monoisotopic (exact) mass is 458 g/mol. The van der Waals surface area contributed by atoms with Gasteiger partial charge in [-0.3, -0.25) is 14.9 Å². The molecule has 0 saturated heterocycles. The number of carbonyl (C=O) groups is 2. The molecule has 1 aromatic heterocycles. The van der Waals surface area contributed by atoms with Gasteiger partial charge in [-0.25, -0.2) is 9.48 Å². The molecule has 0 aliphatic heterocycles. The first-order chi connectivity index (χ1) is 15.3. The van der Waals surface area contributed by atoms with Gasteiger partial charge in [-0.05, 0) is 38.1 Å². The van der Waals surface area contributed by atoms with Crippen molar-refractivity contribution in [2.24, 2.45) is 0 Å². The van der Waals surface area contributed by atoms with Crippen LogP contribution in [0.1, 0.15) is 23.0 Å². The molecule has 0 spiro atoms. The van der Waals surface area contributed by atoms with E-state index in [9.17, 15) is 19.7 Å². The van der Waals surface area contributed by atoms with Crippen molar-refractivity contribution in [2.45, 2.75) is 13.8 Å².